The van der Waals surface area contributed by atoms with Crippen molar-refractivity contribution >= 4 is 41.9 Å². The third-order valence-electron chi connectivity index (χ3n) is 5.02. The van der Waals surface area contributed by atoms with E-state index in [1.165, 1.54) is 24.1 Å². The van der Waals surface area contributed by atoms with Gasteiger partial charge in [-0.15, -0.1) is 24.8 Å². The van der Waals surface area contributed by atoms with E-state index >= 15 is 0 Å². The van der Waals surface area contributed by atoms with E-state index < -0.39 is 0 Å². The molecule has 0 amide bonds. The molecule has 2 aromatic carbocycles. The molecule has 0 saturated carbocycles. The van der Waals surface area contributed by atoms with Gasteiger partial charge in [-0.1, -0.05) is 30.3 Å². The van der Waals surface area contributed by atoms with Crippen LogP contribution in [0.1, 0.15) is 18.4 Å². The van der Waals surface area contributed by atoms with Crippen LogP contribution in [0.15, 0.2) is 48.5 Å². The quantitative estimate of drug-likeness (QED) is 0.766. The fourth-order valence-electron chi connectivity index (χ4n) is 3.91. The van der Waals surface area contributed by atoms with E-state index in [2.05, 4.69) is 46.6 Å². The normalized spacial score (nSPS) is 18.0. The van der Waals surface area contributed by atoms with E-state index in [-0.39, 0.29) is 30.2 Å². The number of piperidine rings is 1. The Morgan fingerprint density at radius 2 is 1.48 bits per heavy atom. The number of benzene rings is 2. The standard InChI is InChI=1S/C18H21N3.2ClH/c19-15-6-2-4-8-17(15)21-13-18(9-11-20-12-10-18)14-5-1-3-7-16(14)21;;/h1-8,20H,9-13,19H2;2*1H. The molecule has 4 rings (SSSR count). The van der Waals surface area contributed by atoms with Gasteiger partial charge in [-0.05, 0) is 49.7 Å². The molecule has 0 bridgehead atoms. The van der Waals surface area contributed by atoms with Crippen LogP contribution in [-0.2, 0) is 5.41 Å². The highest BCUT2D eigenvalue weighted by molar-refractivity contribution is 5.85. The molecule has 0 radical (unpaired) electrons. The molecular weight excluding hydrogens is 329 g/mol. The number of hydrogen-bond donors (Lipinski definition) is 2. The number of halogens is 2. The summed E-state index contributed by atoms with van der Waals surface area (Å²) in [5.74, 6) is 0. The fraction of sp³-hybridized carbons (Fsp3) is 0.333. The van der Waals surface area contributed by atoms with Gasteiger partial charge in [-0.2, -0.15) is 0 Å². The zero-order valence-electron chi connectivity index (χ0n) is 13.0. The molecule has 2 aliphatic heterocycles. The van der Waals surface area contributed by atoms with Crippen molar-refractivity contribution in [3.63, 3.8) is 0 Å². The molecular formula is C18H23Cl2N3. The highest BCUT2D eigenvalue weighted by Crippen LogP contribution is 2.49. The minimum atomic E-state index is 0. The van der Waals surface area contributed by atoms with E-state index in [1.54, 1.807) is 0 Å². The number of para-hydroxylation sites is 3. The molecule has 124 valence electrons. The number of nitrogens with two attached hydrogens (primary N) is 1. The van der Waals surface area contributed by atoms with Crippen LogP contribution in [0, 0.1) is 0 Å². The van der Waals surface area contributed by atoms with Gasteiger partial charge in [-0.3, -0.25) is 0 Å². The lowest BCUT2D eigenvalue weighted by Gasteiger charge is -2.35. The Morgan fingerprint density at radius 1 is 0.870 bits per heavy atom. The fourth-order valence-corrected chi connectivity index (χ4v) is 3.91. The Bertz CT molecular complexity index is 669. The van der Waals surface area contributed by atoms with Crippen LogP contribution in [0.4, 0.5) is 17.1 Å². The van der Waals surface area contributed by atoms with Gasteiger partial charge in [0.15, 0.2) is 0 Å². The summed E-state index contributed by atoms with van der Waals surface area (Å²) >= 11 is 0. The molecule has 23 heavy (non-hydrogen) atoms. The average molecular weight is 352 g/mol. The molecule has 0 aromatic heterocycles. The Labute approximate surface area is 150 Å². The van der Waals surface area contributed by atoms with Gasteiger partial charge in [-0.25, -0.2) is 0 Å². The topological polar surface area (TPSA) is 41.3 Å². The number of anilines is 3. The van der Waals surface area contributed by atoms with Gasteiger partial charge in [0.1, 0.15) is 0 Å². The number of nitrogens with one attached hydrogen (secondary N) is 1. The van der Waals surface area contributed by atoms with Gasteiger partial charge in [0.05, 0.1) is 11.4 Å². The van der Waals surface area contributed by atoms with Crippen LogP contribution in [0.5, 0.6) is 0 Å². The van der Waals surface area contributed by atoms with Crippen molar-refractivity contribution in [3.8, 4) is 0 Å². The van der Waals surface area contributed by atoms with Gasteiger partial charge in [0, 0.05) is 17.6 Å². The summed E-state index contributed by atoms with van der Waals surface area (Å²) in [6.07, 6.45) is 2.40. The molecule has 2 aromatic rings. The molecule has 2 heterocycles. The summed E-state index contributed by atoms with van der Waals surface area (Å²) in [7, 11) is 0. The molecule has 1 saturated heterocycles. The summed E-state index contributed by atoms with van der Waals surface area (Å²) in [4.78, 5) is 2.41. The minimum Gasteiger partial charge on any atom is -0.397 e. The first-order valence-electron chi connectivity index (χ1n) is 7.72. The van der Waals surface area contributed by atoms with Crippen molar-refractivity contribution in [2.75, 3.05) is 30.3 Å². The van der Waals surface area contributed by atoms with Crippen LogP contribution in [0.2, 0.25) is 0 Å². The minimum absolute atomic E-state index is 0. The highest BCUT2D eigenvalue weighted by Gasteiger charge is 2.43. The summed E-state index contributed by atoms with van der Waals surface area (Å²) < 4.78 is 0. The highest BCUT2D eigenvalue weighted by atomic mass is 35.5. The van der Waals surface area contributed by atoms with Crippen molar-refractivity contribution < 1.29 is 0 Å². The van der Waals surface area contributed by atoms with Crippen molar-refractivity contribution in [1.82, 2.24) is 5.32 Å². The van der Waals surface area contributed by atoms with Crippen molar-refractivity contribution in [2.24, 2.45) is 0 Å². The van der Waals surface area contributed by atoms with Gasteiger partial charge >= 0.3 is 0 Å². The largest absolute Gasteiger partial charge is 0.397 e. The predicted molar refractivity (Wildman–Crippen MR) is 103 cm³/mol. The number of fused-ring (bicyclic) bond motifs is 2. The van der Waals surface area contributed by atoms with Gasteiger partial charge < -0.3 is 16.0 Å². The second-order valence-corrected chi connectivity index (χ2v) is 6.19. The van der Waals surface area contributed by atoms with E-state index in [0.29, 0.717) is 0 Å². The number of hydrogen-bond acceptors (Lipinski definition) is 3. The molecule has 1 spiro atoms. The van der Waals surface area contributed by atoms with Crippen molar-refractivity contribution in [2.45, 2.75) is 18.3 Å². The van der Waals surface area contributed by atoms with E-state index in [9.17, 15) is 0 Å². The molecule has 0 atom stereocenters. The zero-order valence-corrected chi connectivity index (χ0v) is 14.6. The Balaban J connectivity index is 0.000000960. The maximum Gasteiger partial charge on any atom is 0.0644 e. The van der Waals surface area contributed by atoms with Crippen LogP contribution in [0.3, 0.4) is 0 Å². The molecule has 3 N–H and O–H groups in total. The van der Waals surface area contributed by atoms with Crippen LogP contribution >= 0.6 is 24.8 Å². The first-order valence-corrected chi connectivity index (χ1v) is 7.72. The summed E-state index contributed by atoms with van der Waals surface area (Å²) in [6.45, 7) is 3.25. The second kappa shape index (κ2) is 7.00. The molecule has 3 nitrogen and oxygen atoms in total. The molecule has 1 fully saturated rings. The van der Waals surface area contributed by atoms with Crippen molar-refractivity contribution in [1.29, 1.82) is 0 Å². The van der Waals surface area contributed by atoms with Crippen LogP contribution in [-0.4, -0.2) is 19.6 Å². The third-order valence-corrected chi connectivity index (χ3v) is 5.02. The van der Waals surface area contributed by atoms with Gasteiger partial charge in [0.25, 0.3) is 0 Å². The van der Waals surface area contributed by atoms with E-state index in [0.717, 1.165) is 31.0 Å². The lowest BCUT2D eigenvalue weighted by Crippen LogP contribution is -2.42. The number of rotatable bonds is 1. The number of nitrogen functional groups attached to an aromatic ring is 1. The number of nitrogens with zero attached hydrogens (tertiary/aromatic N) is 1. The predicted octanol–water partition coefficient (Wildman–Crippen LogP) is 3.89. The third kappa shape index (κ3) is 2.89. The average Bonchev–Trinajstić information content (AvgIpc) is 2.84. The van der Waals surface area contributed by atoms with Crippen molar-refractivity contribution in [3.05, 3.63) is 54.1 Å². The Kier molecular flexibility index (Phi) is 5.45. The van der Waals surface area contributed by atoms with Crippen LogP contribution in [0.25, 0.3) is 0 Å². The summed E-state index contributed by atoms with van der Waals surface area (Å²) in [6, 6.07) is 17.0. The Hall–Kier alpha value is -1.42. The molecule has 5 heteroatoms. The molecule has 0 aliphatic carbocycles. The van der Waals surface area contributed by atoms with Crippen LogP contribution < -0.4 is 16.0 Å². The Morgan fingerprint density at radius 3 is 2.17 bits per heavy atom. The molecule has 2 aliphatic rings. The monoisotopic (exact) mass is 351 g/mol. The smallest absolute Gasteiger partial charge is 0.0644 e. The maximum atomic E-state index is 6.22. The summed E-state index contributed by atoms with van der Waals surface area (Å²) in [5, 5.41) is 3.49. The first-order chi connectivity index (χ1) is 10.3. The zero-order chi connectivity index (χ0) is 14.3. The SMILES string of the molecule is Cl.Cl.Nc1ccccc1N1CC2(CCNCC2)c2ccccc21. The first kappa shape index (κ1) is 17.9. The van der Waals surface area contributed by atoms with Gasteiger partial charge in [0.2, 0.25) is 0 Å². The second-order valence-electron chi connectivity index (χ2n) is 6.19. The lowest BCUT2D eigenvalue weighted by atomic mass is 9.75. The lowest BCUT2D eigenvalue weighted by molar-refractivity contribution is 0.329. The maximum absolute atomic E-state index is 6.22. The molecule has 0 unspecified atom stereocenters. The van der Waals surface area contributed by atoms with E-state index in [1.807, 2.05) is 12.1 Å². The van der Waals surface area contributed by atoms with E-state index in [4.69, 9.17) is 5.73 Å². The summed E-state index contributed by atoms with van der Waals surface area (Å²) in [5.41, 5.74) is 11.3.